The second-order valence-corrected chi connectivity index (χ2v) is 2.30. The van der Waals surface area contributed by atoms with E-state index in [1.165, 1.54) is 0 Å². The zero-order chi connectivity index (χ0) is 9.02. The van der Waals surface area contributed by atoms with Crippen LogP contribution in [-0.2, 0) is 4.79 Å². The van der Waals surface area contributed by atoms with Crippen molar-refractivity contribution in [3.8, 4) is 0 Å². The van der Waals surface area contributed by atoms with Crippen LogP contribution in [0.5, 0.6) is 0 Å². The Morgan fingerprint density at radius 2 is 2.00 bits per heavy atom. The van der Waals surface area contributed by atoms with Crippen molar-refractivity contribution in [3.63, 3.8) is 0 Å². The molecule has 4 nitrogen and oxygen atoms in total. The summed E-state index contributed by atoms with van der Waals surface area (Å²) < 4.78 is 0. The van der Waals surface area contributed by atoms with Gasteiger partial charge in [-0.25, -0.2) is 4.85 Å². The predicted molar refractivity (Wildman–Crippen MR) is 42.2 cm³/mol. The normalized spacial score (nSPS) is 11.5. The van der Waals surface area contributed by atoms with Crippen LogP contribution in [0.15, 0.2) is 11.4 Å². The molecule has 0 aromatic carbocycles. The highest BCUT2D eigenvalue weighted by Gasteiger charge is 2.09. The maximum Gasteiger partial charge on any atom is 0.267 e. The average molecular weight is 153 g/mol. The molecule has 0 aromatic rings. The Morgan fingerprint density at radius 3 is 2.09 bits per heavy atom. The minimum absolute atomic E-state index is 0.00463. The number of nitrogens with two attached hydrogens (primary N) is 1. The molecule has 0 fully saturated rings. The number of amides is 1. The average Bonchev–Trinajstić information content (AvgIpc) is 1.88. The van der Waals surface area contributed by atoms with E-state index in [0.29, 0.717) is 5.70 Å². The molecule has 0 saturated carbocycles. The van der Waals surface area contributed by atoms with Crippen molar-refractivity contribution in [1.29, 1.82) is 0 Å². The summed E-state index contributed by atoms with van der Waals surface area (Å²) >= 11 is 0. The summed E-state index contributed by atoms with van der Waals surface area (Å²) in [7, 11) is 3.51. The van der Waals surface area contributed by atoms with Crippen LogP contribution in [0, 0.1) is 6.57 Å². The van der Waals surface area contributed by atoms with Gasteiger partial charge in [-0.3, -0.25) is 4.79 Å². The first kappa shape index (κ1) is 9.50. The van der Waals surface area contributed by atoms with Gasteiger partial charge >= 0.3 is 0 Å². The molecule has 11 heavy (non-hydrogen) atoms. The number of primary amides is 1. The topological polar surface area (TPSA) is 50.7 Å². The first-order valence-electron chi connectivity index (χ1n) is 3.06. The van der Waals surface area contributed by atoms with Gasteiger partial charge in [-0.2, -0.15) is 0 Å². The molecule has 0 aliphatic carbocycles. The molecule has 0 heterocycles. The van der Waals surface area contributed by atoms with E-state index in [1.807, 2.05) is 0 Å². The van der Waals surface area contributed by atoms with E-state index in [9.17, 15) is 4.79 Å². The van der Waals surface area contributed by atoms with Crippen LogP contribution < -0.4 is 5.73 Å². The molecule has 0 aliphatic heterocycles. The summed E-state index contributed by atoms with van der Waals surface area (Å²) in [5, 5.41) is 0. The Hall–Kier alpha value is -1.50. The van der Waals surface area contributed by atoms with Crippen molar-refractivity contribution in [2.45, 2.75) is 6.92 Å². The van der Waals surface area contributed by atoms with Crippen molar-refractivity contribution in [2.24, 2.45) is 5.73 Å². The van der Waals surface area contributed by atoms with Crippen molar-refractivity contribution in [1.82, 2.24) is 4.90 Å². The van der Waals surface area contributed by atoms with E-state index >= 15 is 0 Å². The number of hydrogen-bond donors (Lipinski definition) is 1. The van der Waals surface area contributed by atoms with Crippen molar-refractivity contribution in [2.75, 3.05) is 14.1 Å². The van der Waals surface area contributed by atoms with Gasteiger partial charge in [0.15, 0.2) is 0 Å². The molecule has 0 aliphatic rings. The summed E-state index contributed by atoms with van der Waals surface area (Å²) in [6.45, 7) is 8.33. The van der Waals surface area contributed by atoms with E-state index in [1.54, 1.807) is 25.9 Å². The third-order valence-electron chi connectivity index (χ3n) is 1.36. The van der Waals surface area contributed by atoms with Crippen LogP contribution in [0.4, 0.5) is 0 Å². The van der Waals surface area contributed by atoms with Gasteiger partial charge in [0, 0.05) is 19.8 Å². The molecule has 60 valence electrons. The second kappa shape index (κ2) is 3.62. The summed E-state index contributed by atoms with van der Waals surface area (Å²) in [5.41, 5.74) is 5.53. The predicted octanol–water partition coefficient (Wildman–Crippen LogP) is 0.184. The number of carbonyl (C=O) groups is 1. The molecule has 0 atom stereocenters. The number of allylic oxidation sites excluding steroid dienone is 1. The van der Waals surface area contributed by atoms with E-state index in [4.69, 9.17) is 12.3 Å². The van der Waals surface area contributed by atoms with Crippen LogP contribution >= 0.6 is 0 Å². The first-order chi connectivity index (χ1) is 5.00. The Labute approximate surface area is 66.1 Å². The quantitative estimate of drug-likeness (QED) is 0.454. The highest BCUT2D eigenvalue weighted by atomic mass is 16.1. The standard InChI is InChI=1S/C7H11N3O/c1-5(10(3)4)6(9-2)7(8)11/h1,3-4H3,(H2,8,11). The lowest BCUT2D eigenvalue weighted by molar-refractivity contribution is -0.114. The Kier molecular flexibility index (Phi) is 3.12. The van der Waals surface area contributed by atoms with Gasteiger partial charge in [-0.1, -0.05) is 0 Å². The van der Waals surface area contributed by atoms with Crippen LogP contribution in [-0.4, -0.2) is 24.9 Å². The van der Waals surface area contributed by atoms with E-state index in [2.05, 4.69) is 4.85 Å². The number of hydrogen-bond acceptors (Lipinski definition) is 2. The van der Waals surface area contributed by atoms with Gasteiger partial charge in [-0.15, -0.1) is 0 Å². The molecule has 4 heteroatoms. The summed E-state index contributed by atoms with van der Waals surface area (Å²) in [6, 6.07) is 0. The SMILES string of the molecule is [C-]#[N+]C(C(N)=O)=C(C)N(C)C. The largest absolute Gasteiger partial charge is 0.390 e. The fourth-order valence-electron chi connectivity index (χ4n) is 0.526. The summed E-state index contributed by atoms with van der Waals surface area (Å²) in [4.78, 5) is 15.3. The molecular formula is C7H11N3O. The smallest absolute Gasteiger partial charge is 0.267 e. The summed E-state index contributed by atoms with van der Waals surface area (Å²) in [6.07, 6.45) is 0. The second-order valence-electron chi connectivity index (χ2n) is 2.30. The highest BCUT2D eigenvalue weighted by Crippen LogP contribution is 2.06. The van der Waals surface area contributed by atoms with Crippen molar-refractivity contribution >= 4 is 5.91 Å². The van der Waals surface area contributed by atoms with Crippen molar-refractivity contribution in [3.05, 3.63) is 22.8 Å². The fraction of sp³-hybridized carbons (Fsp3) is 0.429. The van der Waals surface area contributed by atoms with Gasteiger partial charge < -0.3 is 10.6 Å². The highest BCUT2D eigenvalue weighted by molar-refractivity contribution is 5.94. The fourth-order valence-corrected chi connectivity index (χ4v) is 0.526. The number of rotatable bonds is 2. The van der Waals surface area contributed by atoms with Gasteiger partial charge in [-0.05, 0) is 6.92 Å². The molecule has 0 rings (SSSR count). The van der Waals surface area contributed by atoms with Gasteiger partial charge in [0.05, 0.1) is 6.57 Å². The maximum atomic E-state index is 10.6. The third kappa shape index (κ3) is 2.30. The lowest BCUT2D eigenvalue weighted by Gasteiger charge is -2.13. The lowest BCUT2D eigenvalue weighted by Crippen LogP contribution is -2.18. The molecule has 2 N–H and O–H groups in total. The monoisotopic (exact) mass is 153 g/mol. The van der Waals surface area contributed by atoms with E-state index in [-0.39, 0.29) is 5.70 Å². The van der Waals surface area contributed by atoms with Gasteiger partial charge in [0.1, 0.15) is 0 Å². The molecule has 0 unspecified atom stereocenters. The third-order valence-corrected chi connectivity index (χ3v) is 1.36. The maximum absolute atomic E-state index is 10.6. The molecule has 0 bridgehead atoms. The molecule has 1 amide bonds. The van der Waals surface area contributed by atoms with Crippen LogP contribution in [0.2, 0.25) is 0 Å². The van der Waals surface area contributed by atoms with Crippen LogP contribution in [0.1, 0.15) is 6.92 Å². The Bertz CT molecular complexity index is 235. The van der Waals surface area contributed by atoms with Gasteiger partial charge in [0.25, 0.3) is 5.70 Å². The minimum Gasteiger partial charge on any atom is -0.390 e. The van der Waals surface area contributed by atoms with E-state index in [0.717, 1.165) is 0 Å². The minimum atomic E-state index is -0.675. The number of nitrogens with zero attached hydrogens (tertiary/aromatic N) is 2. The van der Waals surface area contributed by atoms with Crippen LogP contribution in [0.25, 0.3) is 4.85 Å². The summed E-state index contributed by atoms with van der Waals surface area (Å²) in [5.74, 6) is -0.675. The zero-order valence-corrected chi connectivity index (χ0v) is 6.88. The molecule has 0 spiro atoms. The van der Waals surface area contributed by atoms with Gasteiger partial charge in [0.2, 0.25) is 5.91 Å². The zero-order valence-electron chi connectivity index (χ0n) is 6.88. The Morgan fingerprint density at radius 1 is 1.55 bits per heavy atom. The molecule has 0 saturated heterocycles. The molecule has 0 radical (unpaired) electrons. The lowest BCUT2D eigenvalue weighted by atomic mass is 10.3. The molecular weight excluding hydrogens is 142 g/mol. The van der Waals surface area contributed by atoms with Crippen LogP contribution in [0.3, 0.4) is 0 Å². The Balaban J connectivity index is 4.88. The first-order valence-corrected chi connectivity index (χ1v) is 3.06. The van der Waals surface area contributed by atoms with E-state index < -0.39 is 5.91 Å². The molecule has 0 aromatic heterocycles. The van der Waals surface area contributed by atoms with Crippen molar-refractivity contribution < 1.29 is 4.79 Å². The number of carbonyl (C=O) groups excluding carboxylic acids is 1.